The quantitative estimate of drug-likeness (QED) is 0.759. The Bertz CT molecular complexity index is 243. The molecule has 3 nitrogen and oxygen atoms in total. The second kappa shape index (κ2) is 7.98. The summed E-state index contributed by atoms with van der Waals surface area (Å²) in [7, 11) is 2.19. The Morgan fingerprint density at radius 1 is 1.53 bits per heavy atom. The number of rotatable bonds is 7. The molecule has 4 heteroatoms. The minimum absolute atomic E-state index is 0.669. The fourth-order valence-electron chi connectivity index (χ4n) is 1.86. The highest BCUT2D eigenvalue weighted by Gasteiger charge is 2.18. The third kappa shape index (κ3) is 5.30. The largest absolute Gasteiger partial charge is 0.364 e. The molecule has 0 spiro atoms. The van der Waals surface area contributed by atoms with Gasteiger partial charge < -0.3 is 10.2 Å². The van der Waals surface area contributed by atoms with E-state index in [4.69, 9.17) is 0 Å². The number of likely N-dealkylation sites (N-methyl/N-ethyl adjacent to an activating group) is 1. The number of hydrogen-bond acceptors (Lipinski definition) is 4. The average molecular weight is 257 g/mol. The maximum Gasteiger partial charge on any atom is 0.156 e. The van der Waals surface area contributed by atoms with Crippen molar-refractivity contribution in [2.24, 2.45) is 4.99 Å². The molecule has 17 heavy (non-hydrogen) atoms. The van der Waals surface area contributed by atoms with Gasteiger partial charge in [0.25, 0.3) is 0 Å². The Balaban J connectivity index is 2.12. The molecule has 2 atom stereocenters. The first kappa shape index (κ1) is 14.8. The predicted octanol–water partition coefficient (Wildman–Crippen LogP) is 2.58. The van der Waals surface area contributed by atoms with Crippen molar-refractivity contribution in [1.82, 2.24) is 10.2 Å². The molecule has 1 rings (SSSR count). The van der Waals surface area contributed by atoms with Crippen LogP contribution in [0.3, 0.4) is 0 Å². The predicted molar refractivity (Wildman–Crippen MR) is 79.0 cm³/mol. The third-order valence-corrected chi connectivity index (χ3v) is 4.63. The lowest BCUT2D eigenvalue weighted by atomic mass is 10.2. The molecule has 100 valence electrons. The van der Waals surface area contributed by atoms with Gasteiger partial charge in [-0.25, -0.2) is 0 Å². The van der Waals surface area contributed by atoms with Gasteiger partial charge in [-0.05, 0) is 26.8 Å². The fraction of sp³-hybridized carbons (Fsp3) is 0.923. The zero-order valence-corrected chi connectivity index (χ0v) is 12.5. The summed E-state index contributed by atoms with van der Waals surface area (Å²) in [5.41, 5.74) is 0. The van der Waals surface area contributed by atoms with E-state index in [1.54, 1.807) is 0 Å². The highest BCUT2D eigenvalue weighted by Crippen LogP contribution is 2.23. The standard InChI is InChI=1S/C13H27N3S/c1-5-7-12-10-15-13(17-12)14-8-9-16(4)11(3)6-2/h11-12H,5-10H2,1-4H3,(H,14,15). The molecule has 0 aromatic heterocycles. The Hall–Kier alpha value is -0.220. The second-order valence-corrected chi connectivity index (χ2v) is 6.13. The first-order chi connectivity index (χ1) is 8.17. The van der Waals surface area contributed by atoms with Crippen LogP contribution in [0, 0.1) is 0 Å². The number of thioether (sulfide) groups is 1. The zero-order valence-electron chi connectivity index (χ0n) is 11.7. The average Bonchev–Trinajstić information content (AvgIpc) is 2.76. The van der Waals surface area contributed by atoms with Crippen LogP contribution >= 0.6 is 11.8 Å². The van der Waals surface area contributed by atoms with Gasteiger partial charge in [0.15, 0.2) is 5.17 Å². The zero-order chi connectivity index (χ0) is 12.7. The van der Waals surface area contributed by atoms with E-state index in [9.17, 15) is 0 Å². The van der Waals surface area contributed by atoms with Crippen LogP contribution in [0.2, 0.25) is 0 Å². The molecular formula is C13H27N3S. The first-order valence-corrected chi connectivity index (χ1v) is 7.70. The molecule has 1 aliphatic heterocycles. The lowest BCUT2D eigenvalue weighted by Gasteiger charge is -2.23. The summed E-state index contributed by atoms with van der Waals surface area (Å²) in [5.74, 6) is 0. The molecule has 0 aromatic rings. The van der Waals surface area contributed by atoms with Crippen molar-refractivity contribution in [3.8, 4) is 0 Å². The van der Waals surface area contributed by atoms with Crippen molar-refractivity contribution >= 4 is 16.9 Å². The molecule has 0 bridgehead atoms. The molecule has 0 radical (unpaired) electrons. The molecule has 0 fully saturated rings. The van der Waals surface area contributed by atoms with Gasteiger partial charge in [-0.2, -0.15) is 0 Å². The minimum Gasteiger partial charge on any atom is -0.364 e. The molecule has 1 heterocycles. The summed E-state index contributed by atoms with van der Waals surface area (Å²) >= 11 is 1.92. The van der Waals surface area contributed by atoms with E-state index >= 15 is 0 Å². The summed E-state index contributed by atoms with van der Waals surface area (Å²) in [6.45, 7) is 9.85. The van der Waals surface area contributed by atoms with Crippen LogP contribution < -0.4 is 5.32 Å². The molecule has 1 N–H and O–H groups in total. The van der Waals surface area contributed by atoms with Gasteiger partial charge in [0.2, 0.25) is 0 Å². The molecule has 0 aromatic carbocycles. The molecule has 0 saturated heterocycles. The molecular weight excluding hydrogens is 230 g/mol. The third-order valence-electron chi connectivity index (χ3n) is 3.41. The van der Waals surface area contributed by atoms with Crippen molar-refractivity contribution < 1.29 is 0 Å². The van der Waals surface area contributed by atoms with Crippen LogP contribution in [0.4, 0.5) is 0 Å². The molecule has 0 amide bonds. The van der Waals surface area contributed by atoms with Crippen molar-refractivity contribution in [3.05, 3.63) is 0 Å². The maximum absolute atomic E-state index is 4.55. The second-order valence-electron chi connectivity index (χ2n) is 4.84. The van der Waals surface area contributed by atoms with Crippen LogP contribution in [-0.2, 0) is 0 Å². The highest BCUT2D eigenvalue weighted by molar-refractivity contribution is 8.14. The maximum atomic E-state index is 4.55. The minimum atomic E-state index is 0.669. The van der Waals surface area contributed by atoms with E-state index in [0.717, 1.165) is 30.1 Å². The smallest absolute Gasteiger partial charge is 0.156 e. The summed E-state index contributed by atoms with van der Waals surface area (Å²) in [5, 5.41) is 5.32. The summed E-state index contributed by atoms with van der Waals surface area (Å²) in [4.78, 5) is 6.95. The van der Waals surface area contributed by atoms with Gasteiger partial charge in [0.1, 0.15) is 0 Å². The van der Waals surface area contributed by atoms with Gasteiger partial charge in [-0.1, -0.05) is 32.0 Å². The van der Waals surface area contributed by atoms with Gasteiger partial charge >= 0.3 is 0 Å². The van der Waals surface area contributed by atoms with Crippen molar-refractivity contribution in [2.45, 2.75) is 51.3 Å². The van der Waals surface area contributed by atoms with E-state index in [0.29, 0.717) is 6.04 Å². The Labute approximate surface area is 110 Å². The van der Waals surface area contributed by atoms with Gasteiger partial charge in [-0.3, -0.25) is 4.99 Å². The summed E-state index contributed by atoms with van der Waals surface area (Å²) < 4.78 is 0. The fourth-order valence-corrected chi connectivity index (χ4v) is 3.01. The summed E-state index contributed by atoms with van der Waals surface area (Å²) in [6.07, 6.45) is 3.76. The van der Waals surface area contributed by atoms with Crippen molar-refractivity contribution in [1.29, 1.82) is 0 Å². The molecule has 0 aliphatic carbocycles. The first-order valence-electron chi connectivity index (χ1n) is 6.82. The normalized spacial score (nSPS) is 21.7. The van der Waals surface area contributed by atoms with E-state index < -0.39 is 0 Å². The van der Waals surface area contributed by atoms with Crippen LogP contribution in [0.15, 0.2) is 4.99 Å². The van der Waals surface area contributed by atoms with E-state index in [-0.39, 0.29) is 0 Å². The van der Waals surface area contributed by atoms with Crippen LogP contribution in [0.25, 0.3) is 0 Å². The number of hydrogen-bond donors (Lipinski definition) is 1. The number of amidine groups is 1. The topological polar surface area (TPSA) is 27.6 Å². The SMILES string of the molecule is CCCC1CN=C(NCCN(C)C(C)CC)S1. The van der Waals surface area contributed by atoms with E-state index in [1.165, 1.54) is 19.3 Å². The van der Waals surface area contributed by atoms with Gasteiger partial charge in [0.05, 0.1) is 6.54 Å². The van der Waals surface area contributed by atoms with Crippen LogP contribution in [-0.4, -0.2) is 48.0 Å². The molecule has 1 aliphatic rings. The number of nitrogens with one attached hydrogen (secondary N) is 1. The van der Waals surface area contributed by atoms with Crippen molar-refractivity contribution in [3.63, 3.8) is 0 Å². The highest BCUT2D eigenvalue weighted by atomic mass is 32.2. The Kier molecular flexibility index (Phi) is 6.97. The van der Waals surface area contributed by atoms with Gasteiger partial charge in [0, 0.05) is 24.4 Å². The van der Waals surface area contributed by atoms with E-state index in [2.05, 4.69) is 43.0 Å². The molecule has 0 saturated carbocycles. The number of nitrogens with zero attached hydrogens (tertiary/aromatic N) is 2. The summed E-state index contributed by atoms with van der Waals surface area (Å²) in [6, 6.07) is 0.669. The van der Waals surface area contributed by atoms with Gasteiger partial charge in [-0.15, -0.1) is 0 Å². The monoisotopic (exact) mass is 257 g/mol. The van der Waals surface area contributed by atoms with Crippen molar-refractivity contribution in [2.75, 3.05) is 26.7 Å². The lowest BCUT2D eigenvalue weighted by molar-refractivity contribution is 0.256. The Morgan fingerprint density at radius 2 is 2.29 bits per heavy atom. The molecule has 2 unspecified atom stereocenters. The van der Waals surface area contributed by atoms with E-state index in [1.807, 2.05) is 11.8 Å². The number of aliphatic imine (C=N–C) groups is 1. The Morgan fingerprint density at radius 3 is 2.94 bits per heavy atom. The van der Waals surface area contributed by atoms with Crippen LogP contribution in [0.1, 0.15) is 40.0 Å². The lowest BCUT2D eigenvalue weighted by Crippen LogP contribution is -2.36. The van der Waals surface area contributed by atoms with Crippen LogP contribution in [0.5, 0.6) is 0 Å².